The van der Waals surface area contributed by atoms with Crippen molar-refractivity contribution in [3.05, 3.63) is 47.0 Å². The molecule has 7 heteroatoms. The number of benzene rings is 1. The topological polar surface area (TPSA) is 75.8 Å². The smallest absolute Gasteiger partial charge is 0.129 e. The fourth-order valence-electron chi connectivity index (χ4n) is 3.87. The van der Waals surface area contributed by atoms with Gasteiger partial charge in [0.2, 0.25) is 0 Å². The van der Waals surface area contributed by atoms with E-state index in [2.05, 4.69) is 21.8 Å². The number of allylic oxidation sites excluding steroid dienone is 1. The molecule has 2 N–H and O–H groups in total. The van der Waals surface area contributed by atoms with E-state index in [1.165, 1.54) is 6.21 Å². The lowest BCUT2D eigenvalue weighted by Gasteiger charge is -2.30. The molecule has 146 valence electrons. The molecule has 0 aliphatic carbocycles. The van der Waals surface area contributed by atoms with Crippen LogP contribution in [0.2, 0.25) is 5.02 Å². The van der Waals surface area contributed by atoms with Crippen molar-refractivity contribution < 1.29 is 4.74 Å². The van der Waals surface area contributed by atoms with E-state index in [1.807, 2.05) is 37.5 Å². The van der Waals surface area contributed by atoms with E-state index in [1.54, 1.807) is 0 Å². The Hall–Kier alpha value is -2.44. The second kappa shape index (κ2) is 7.89. The summed E-state index contributed by atoms with van der Waals surface area (Å²) in [5, 5.41) is 12.3. The minimum Gasteiger partial charge on any atom is -0.383 e. The fourth-order valence-corrected chi connectivity index (χ4v) is 4.04. The summed E-state index contributed by atoms with van der Waals surface area (Å²) in [5.41, 5.74) is 3.73. The zero-order valence-electron chi connectivity index (χ0n) is 16.1. The van der Waals surface area contributed by atoms with Crippen molar-refractivity contribution >= 4 is 39.8 Å². The lowest BCUT2D eigenvalue weighted by molar-refractivity contribution is 0.00622. The fraction of sp³-hybridized carbons (Fsp3) is 0.381. The van der Waals surface area contributed by atoms with Crippen LogP contribution in [0.4, 0.5) is 0 Å². The molecule has 1 saturated heterocycles. The van der Waals surface area contributed by atoms with Crippen molar-refractivity contribution in [2.45, 2.75) is 45.4 Å². The quantitative estimate of drug-likeness (QED) is 0.616. The molecule has 28 heavy (non-hydrogen) atoms. The molecule has 1 aliphatic heterocycles. The number of imidazole rings is 1. The van der Waals surface area contributed by atoms with E-state index in [0.29, 0.717) is 17.6 Å². The highest BCUT2D eigenvalue weighted by Gasteiger charge is 2.26. The maximum Gasteiger partial charge on any atom is 0.129 e. The third-order valence-corrected chi connectivity index (χ3v) is 5.43. The first-order valence-electron chi connectivity index (χ1n) is 9.54. The molecule has 2 atom stereocenters. The Labute approximate surface area is 169 Å². The summed E-state index contributed by atoms with van der Waals surface area (Å²) in [7, 11) is 0. The normalized spacial score (nSPS) is 20.6. The van der Waals surface area contributed by atoms with Gasteiger partial charge in [0.1, 0.15) is 11.3 Å². The molecule has 0 radical (unpaired) electrons. The van der Waals surface area contributed by atoms with E-state index in [9.17, 15) is 0 Å². The van der Waals surface area contributed by atoms with E-state index in [0.717, 1.165) is 52.8 Å². The zero-order chi connectivity index (χ0) is 19.7. The summed E-state index contributed by atoms with van der Waals surface area (Å²) >= 11 is 6.30. The zero-order valence-corrected chi connectivity index (χ0v) is 16.8. The van der Waals surface area contributed by atoms with E-state index in [-0.39, 0.29) is 6.10 Å². The molecule has 3 heterocycles. The molecule has 1 aliphatic rings. The minimum atomic E-state index is 0.216. The highest BCUT2D eigenvalue weighted by Crippen LogP contribution is 2.34. The summed E-state index contributed by atoms with van der Waals surface area (Å²) in [6.45, 7) is 5.33. The van der Waals surface area contributed by atoms with Crippen LogP contribution in [0.25, 0.3) is 21.9 Å². The van der Waals surface area contributed by atoms with E-state index >= 15 is 0 Å². The number of hydrogen-bond donors (Lipinski definition) is 2. The number of aromatic nitrogens is 3. The Kier molecular flexibility index (Phi) is 5.33. The molecule has 6 nitrogen and oxygen atoms in total. The highest BCUT2D eigenvalue weighted by molar-refractivity contribution is 6.31. The van der Waals surface area contributed by atoms with Gasteiger partial charge in [-0.05, 0) is 50.5 Å². The number of nitrogens with one attached hydrogen (secondary N) is 2. The van der Waals surface area contributed by atoms with Crippen molar-refractivity contribution in [1.29, 1.82) is 5.41 Å². The van der Waals surface area contributed by atoms with Gasteiger partial charge < -0.3 is 20.0 Å². The van der Waals surface area contributed by atoms with Gasteiger partial charge in [-0.3, -0.25) is 4.98 Å². The second-order valence-electron chi connectivity index (χ2n) is 7.32. The molecule has 0 bridgehead atoms. The van der Waals surface area contributed by atoms with Gasteiger partial charge in [-0.15, -0.1) is 0 Å². The van der Waals surface area contributed by atoms with Crippen molar-refractivity contribution in [3.8, 4) is 0 Å². The largest absolute Gasteiger partial charge is 0.383 e. The average molecular weight is 398 g/mol. The Morgan fingerprint density at radius 3 is 3.07 bits per heavy atom. The maximum absolute atomic E-state index is 7.33. The van der Waals surface area contributed by atoms with E-state index in [4.69, 9.17) is 26.7 Å². The van der Waals surface area contributed by atoms with Gasteiger partial charge in [-0.1, -0.05) is 11.6 Å². The lowest BCUT2D eigenvalue weighted by atomic mass is 10.0. The Bertz CT molecular complexity index is 1060. The van der Waals surface area contributed by atoms with Crippen LogP contribution in [-0.2, 0) is 11.3 Å². The molecule has 2 aromatic heterocycles. The third kappa shape index (κ3) is 3.62. The standard InChI is InChI=1S/C21H24ClN5O/c1-13(9-23)10-24-12-20-26-19-11-25-18-4-3-15(22)8-17(18)21(19)27(20)16-5-6-28-14(2)7-16/h3-4,8-11,14,16,23-24H,5-7,12H2,1-2H3/b13-10-,23-9?/t14-,16?/m1/s1. The monoisotopic (exact) mass is 397 g/mol. The molecule has 1 unspecified atom stereocenters. The first-order valence-corrected chi connectivity index (χ1v) is 9.92. The predicted molar refractivity (Wildman–Crippen MR) is 113 cm³/mol. The molecule has 1 fully saturated rings. The molecule has 3 aromatic rings. The average Bonchev–Trinajstić information content (AvgIpc) is 3.06. The number of nitrogens with zero attached hydrogens (tertiary/aromatic N) is 3. The first kappa shape index (κ1) is 18.9. The molecule has 1 aromatic carbocycles. The highest BCUT2D eigenvalue weighted by atomic mass is 35.5. The van der Waals surface area contributed by atoms with Gasteiger partial charge >= 0.3 is 0 Å². The van der Waals surface area contributed by atoms with Crippen LogP contribution in [0.3, 0.4) is 0 Å². The van der Waals surface area contributed by atoms with Crippen molar-refractivity contribution in [3.63, 3.8) is 0 Å². The number of halogens is 1. The lowest BCUT2D eigenvalue weighted by Crippen LogP contribution is -2.27. The van der Waals surface area contributed by atoms with Crippen LogP contribution < -0.4 is 5.32 Å². The third-order valence-electron chi connectivity index (χ3n) is 5.19. The van der Waals surface area contributed by atoms with Crippen LogP contribution in [0, 0.1) is 5.41 Å². The van der Waals surface area contributed by atoms with Crippen LogP contribution in [0.5, 0.6) is 0 Å². The molecular weight excluding hydrogens is 374 g/mol. The SMILES string of the molecule is C/C(C=N)=C/NCc1nc2cnc3ccc(Cl)cc3c2n1C1CCO[C@H](C)C1. The number of pyridine rings is 1. The summed E-state index contributed by atoms with van der Waals surface area (Å²) in [4.78, 5) is 9.45. The number of ether oxygens (including phenoxy) is 1. The van der Waals surface area contributed by atoms with Crippen LogP contribution in [0.15, 0.2) is 36.2 Å². The number of hydrogen-bond acceptors (Lipinski definition) is 5. The van der Waals surface area contributed by atoms with E-state index < -0.39 is 0 Å². The molecule has 0 spiro atoms. The van der Waals surface area contributed by atoms with Crippen molar-refractivity contribution in [2.24, 2.45) is 0 Å². The van der Waals surface area contributed by atoms with Crippen LogP contribution >= 0.6 is 11.6 Å². The molecule has 4 rings (SSSR count). The molecule has 0 saturated carbocycles. The molecular formula is C21H24ClN5O. The van der Waals surface area contributed by atoms with Gasteiger partial charge in [-0.2, -0.15) is 0 Å². The minimum absolute atomic E-state index is 0.216. The van der Waals surface area contributed by atoms with Crippen LogP contribution in [0.1, 0.15) is 38.6 Å². The summed E-state index contributed by atoms with van der Waals surface area (Å²) in [6.07, 6.45) is 7.12. The summed E-state index contributed by atoms with van der Waals surface area (Å²) in [5.74, 6) is 0.956. The molecule has 0 amide bonds. The van der Waals surface area contributed by atoms with Gasteiger partial charge in [0, 0.05) is 35.5 Å². The number of fused-ring (bicyclic) bond motifs is 3. The first-order chi connectivity index (χ1) is 13.6. The maximum atomic E-state index is 7.33. The Morgan fingerprint density at radius 1 is 1.43 bits per heavy atom. The second-order valence-corrected chi connectivity index (χ2v) is 7.76. The van der Waals surface area contributed by atoms with Gasteiger partial charge in [0.05, 0.1) is 29.9 Å². The van der Waals surface area contributed by atoms with Gasteiger partial charge in [0.25, 0.3) is 0 Å². The Balaban J connectivity index is 1.87. The van der Waals surface area contributed by atoms with Crippen LogP contribution in [-0.4, -0.2) is 33.5 Å². The summed E-state index contributed by atoms with van der Waals surface area (Å²) < 4.78 is 8.12. The van der Waals surface area contributed by atoms with Crippen molar-refractivity contribution in [2.75, 3.05) is 6.61 Å². The Morgan fingerprint density at radius 2 is 2.29 bits per heavy atom. The number of rotatable bonds is 5. The van der Waals surface area contributed by atoms with Gasteiger partial charge in [0.15, 0.2) is 0 Å². The van der Waals surface area contributed by atoms with Gasteiger partial charge in [-0.25, -0.2) is 4.98 Å². The summed E-state index contributed by atoms with van der Waals surface area (Å²) in [6, 6.07) is 6.11. The predicted octanol–water partition coefficient (Wildman–Crippen LogP) is 4.62. The van der Waals surface area contributed by atoms with Crippen molar-refractivity contribution in [1.82, 2.24) is 19.9 Å².